The zero-order chi connectivity index (χ0) is 12.3. The molecule has 1 heterocycles. The van der Waals surface area contributed by atoms with Gasteiger partial charge in [0.05, 0.1) is 5.51 Å². The van der Waals surface area contributed by atoms with E-state index in [9.17, 15) is 4.79 Å². The van der Waals surface area contributed by atoms with Gasteiger partial charge in [-0.25, -0.2) is 9.78 Å². The molecular weight excluding hydrogens is 304 g/mol. The van der Waals surface area contributed by atoms with Gasteiger partial charge in [0.25, 0.3) is 0 Å². The second-order valence-corrected chi connectivity index (χ2v) is 4.99. The molecular formula is C11H9BrN2O2S. The Hall–Kier alpha value is -1.40. The Labute approximate surface area is 110 Å². The van der Waals surface area contributed by atoms with Crippen molar-refractivity contribution in [3.05, 3.63) is 45.5 Å². The molecule has 0 aliphatic heterocycles. The normalized spacial score (nSPS) is 10.2. The van der Waals surface area contributed by atoms with Gasteiger partial charge in [-0.3, -0.25) is 0 Å². The summed E-state index contributed by atoms with van der Waals surface area (Å²) in [6, 6.07) is 7.79. The molecule has 2 aromatic rings. The van der Waals surface area contributed by atoms with Crippen molar-refractivity contribution in [3.8, 4) is 0 Å². The van der Waals surface area contributed by atoms with Crippen molar-refractivity contribution in [2.24, 2.45) is 0 Å². The molecule has 17 heavy (non-hydrogen) atoms. The minimum absolute atomic E-state index is 0.0713. The van der Waals surface area contributed by atoms with Crippen molar-refractivity contribution in [3.63, 3.8) is 0 Å². The van der Waals surface area contributed by atoms with Crippen molar-refractivity contribution in [2.75, 3.05) is 5.32 Å². The van der Waals surface area contributed by atoms with Crippen LogP contribution in [0.3, 0.4) is 0 Å². The molecule has 4 nitrogen and oxygen atoms in total. The summed E-state index contributed by atoms with van der Waals surface area (Å²) in [5, 5.41) is 12.6. The molecule has 0 atom stereocenters. The van der Waals surface area contributed by atoms with E-state index in [2.05, 4.69) is 26.2 Å². The van der Waals surface area contributed by atoms with Gasteiger partial charge < -0.3 is 10.4 Å². The smallest absolute Gasteiger partial charge is 0.357 e. The van der Waals surface area contributed by atoms with Gasteiger partial charge in [-0.2, -0.15) is 0 Å². The maximum absolute atomic E-state index is 10.9. The molecule has 0 unspecified atom stereocenters. The van der Waals surface area contributed by atoms with Crippen LogP contribution in [0.1, 0.15) is 16.1 Å². The second kappa shape index (κ2) is 5.29. The number of carboxylic acid groups (broad SMARTS) is 1. The number of aromatic carboxylic acids is 1. The fourth-order valence-electron chi connectivity index (χ4n) is 1.34. The molecule has 0 amide bonds. The van der Waals surface area contributed by atoms with E-state index in [1.807, 2.05) is 24.3 Å². The minimum Gasteiger partial charge on any atom is -0.476 e. The molecule has 1 aromatic heterocycles. The Morgan fingerprint density at radius 1 is 1.47 bits per heavy atom. The number of hydrogen-bond acceptors (Lipinski definition) is 4. The van der Waals surface area contributed by atoms with Gasteiger partial charge in [0.2, 0.25) is 0 Å². The van der Waals surface area contributed by atoms with E-state index < -0.39 is 5.97 Å². The lowest BCUT2D eigenvalue weighted by Gasteiger charge is -2.06. The average molecular weight is 313 g/mol. The molecule has 2 rings (SSSR count). The van der Waals surface area contributed by atoms with E-state index >= 15 is 0 Å². The summed E-state index contributed by atoms with van der Waals surface area (Å²) < 4.78 is 0.994. The number of thiazole rings is 1. The minimum atomic E-state index is -1.01. The van der Waals surface area contributed by atoms with Crippen LogP contribution < -0.4 is 5.32 Å². The molecule has 6 heteroatoms. The predicted octanol–water partition coefficient (Wildman–Crippen LogP) is 3.22. The Morgan fingerprint density at radius 3 is 2.94 bits per heavy atom. The zero-order valence-electron chi connectivity index (χ0n) is 8.68. The molecule has 88 valence electrons. The largest absolute Gasteiger partial charge is 0.476 e. The van der Waals surface area contributed by atoms with Crippen LogP contribution in [0.25, 0.3) is 0 Å². The van der Waals surface area contributed by atoms with Gasteiger partial charge in [-0.1, -0.05) is 34.1 Å². The first kappa shape index (κ1) is 12.1. The Balaban J connectivity index is 2.10. The van der Waals surface area contributed by atoms with Gasteiger partial charge in [-0.15, -0.1) is 11.3 Å². The topological polar surface area (TPSA) is 62.2 Å². The molecule has 1 aromatic carbocycles. The molecule has 0 bridgehead atoms. The third-order valence-electron chi connectivity index (χ3n) is 2.17. The number of benzene rings is 1. The van der Waals surface area contributed by atoms with Gasteiger partial charge >= 0.3 is 5.97 Å². The van der Waals surface area contributed by atoms with E-state index in [4.69, 9.17) is 5.11 Å². The van der Waals surface area contributed by atoms with Gasteiger partial charge in [0.15, 0.2) is 5.69 Å². The summed E-state index contributed by atoms with van der Waals surface area (Å²) in [5.74, 6) is -1.01. The second-order valence-electron chi connectivity index (χ2n) is 3.28. The maximum atomic E-state index is 10.9. The Kier molecular flexibility index (Phi) is 3.75. The first-order valence-corrected chi connectivity index (χ1v) is 6.50. The van der Waals surface area contributed by atoms with Crippen LogP contribution in [-0.4, -0.2) is 16.1 Å². The van der Waals surface area contributed by atoms with Crippen LogP contribution in [0.5, 0.6) is 0 Å². The molecule has 0 aliphatic rings. The van der Waals surface area contributed by atoms with Crippen LogP contribution in [0.4, 0.5) is 5.00 Å². The third kappa shape index (κ3) is 2.83. The quantitative estimate of drug-likeness (QED) is 0.910. The summed E-state index contributed by atoms with van der Waals surface area (Å²) in [6.45, 7) is 0.559. The van der Waals surface area contributed by atoms with Crippen LogP contribution in [0.2, 0.25) is 0 Å². The van der Waals surface area contributed by atoms with Gasteiger partial charge in [-0.05, 0) is 11.6 Å². The molecule has 2 N–H and O–H groups in total. The highest BCUT2D eigenvalue weighted by Gasteiger charge is 2.13. The van der Waals surface area contributed by atoms with Crippen LogP contribution in [0, 0.1) is 0 Å². The molecule has 0 saturated carbocycles. The number of anilines is 1. The maximum Gasteiger partial charge on any atom is 0.357 e. The average Bonchev–Trinajstić information content (AvgIpc) is 2.76. The third-order valence-corrected chi connectivity index (χ3v) is 3.73. The summed E-state index contributed by atoms with van der Waals surface area (Å²) in [7, 11) is 0. The van der Waals surface area contributed by atoms with E-state index in [1.165, 1.54) is 16.8 Å². The number of carbonyl (C=O) groups is 1. The Bertz CT molecular complexity index is 542. The number of nitrogens with one attached hydrogen (secondary N) is 1. The van der Waals surface area contributed by atoms with Crippen molar-refractivity contribution in [1.29, 1.82) is 0 Å². The predicted molar refractivity (Wildman–Crippen MR) is 70.5 cm³/mol. The van der Waals surface area contributed by atoms with E-state index in [0.29, 0.717) is 11.5 Å². The number of aromatic nitrogens is 1. The number of hydrogen-bond donors (Lipinski definition) is 2. The molecule has 0 fully saturated rings. The van der Waals surface area contributed by atoms with Crippen molar-refractivity contribution in [1.82, 2.24) is 4.98 Å². The number of halogens is 1. The van der Waals surface area contributed by atoms with E-state index in [0.717, 1.165) is 10.0 Å². The lowest BCUT2D eigenvalue weighted by atomic mass is 10.2. The number of carboxylic acids is 1. The first-order chi connectivity index (χ1) is 8.18. The highest BCUT2D eigenvalue weighted by atomic mass is 79.9. The van der Waals surface area contributed by atoms with Gasteiger partial charge in [0.1, 0.15) is 5.00 Å². The summed E-state index contributed by atoms with van der Waals surface area (Å²) in [4.78, 5) is 14.7. The van der Waals surface area contributed by atoms with Crippen LogP contribution >= 0.6 is 27.3 Å². The molecule has 0 saturated heterocycles. The fourth-order valence-corrected chi connectivity index (χ4v) is 2.44. The van der Waals surface area contributed by atoms with Crippen molar-refractivity contribution >= 4 is 38.2 Å². The van der Waals surface area contributed by atoms with Crippen LogP contribution in [-0.2, 0) is 6.54 Å². The number of rotatable bonds is 4. The lowest BCUT2D eigenvalue weighted by molar-refractivity contribution is 0.0692. The van der Waals surface area contributed by atoms with Crippen molar-refractivity contribution < 1.29 is 9.90 Å². The highest BCUT2D eigenvalue weighted by Crippen LogP contribution is 2.22. The highest BCUT2D eigenvalue weighted by molar-refractivity contribution is 9.10. The fraction of sp³-hybridized carbons (Fsp3) is 0.0909. The molecule has 0 radical (unpaired) electrons. The Morgan fingerprint density at radius 2 is 2.24 bits per heavy atom. The first-order valence-electron chi connectivity index (χ1n) is 4.82. The van der Waals surface area contributed by atoms with Gasteiger partial charge in [0, 0.05) is 11.0 Å². The summed E-state index contributed by atoms with van der Waals surface area (Å²) >= 11 is 4.72. The van der Waals surface area contributed by atoms with Crippen molar-refractivity contribution in [2.45, 2.75) is 6.54 Å². The standard InChI is InChI=1S/C11H9BrN2O2S/c12-8-4-2-1-3-7(8)5-13-10-9(11(15)16)14-6-17-10/h1-4,6,13H,5H2,(H,15,16). The van der Waals surface area contributed by atoms with E-state index in [1.54, 1.807) is 0 Å². The summed E-state index contributed by atoms with van der Waals surface area (Å²) in [6.07, 6.45) is 0. The molecule has 0 aliphatic carbocycles. The zero-order valence-corrected chi connectivity index (χ0v) is 11.1. The van der Waals surface area contributed by atoms with E-state index in [-0.39, 0.29) is 5.69 Å². The summed E-state index contributed by atoms with van der Waals surface area (Å²) in [5.41, 5.74) is 2.66. The van der Waals surface area contributed by atoms with Crippen LogP contribution in [0.15, 0.2) is 34.2 Å². The lowest BCUT2D eigenvalue weighted by Crippen LogP contribution is -2.05. The SMILES string of the molecule is O=C(O)c1ncsc1NCc1ccccc1Br. The molecule has 0 spiro atoms. The number of nitrogens with zero attached hydrogens (tertiary/aromatic N) is 1. The monoisotopic (exact) mass is 312 g/mol.